The Kier molecular flexibility index (Phi) is 4.75. The zero-order valence-corrected chi connectivity index (χ0v) is 17.2. The molecule has 0 fully saturated rings. The maximum absolute atomic E-state index is 13.8. The van der Waals surface area contributed by atoms with E-state index in [1.54, 1.807) is 52.0 Å². The van der Waals surface area contributed by atoms with Crippen molar-refractivity contribution >= 4 is 28.7 Å². The fourth-order valence-electron chi connectivity index (χ4n) is 3.77. The molecule has 0 saturated carbocycles. The molecule has 0 heterocycles. The highest BCUT2D eigenvalue weighted by molar-refractivity contribution is 6.34. The number of Topliss-reactive ketones (excluding diaryl/α,β-unsaturated/α-hetero) is 2. The molecule has 5 heteroatoms. The Balaban J connectivity index is 2.27. The topological polar surface area (TPSA) is 54.4 Å². The van der Waals surface area contributed by atoms with Crippen LogP contribution in [0.15, 0.2) is 42.2 Å². The first-order valence-electron chi connectivity index (χ1n) is 8.98. The minimum Gasteiger partial charge on any atom is -0.510 e. The molecule has 0 aliphatic heterocycles. The van der Waals surface area contributed by atoms with E-state index in [1.807, 2.05) is 6.92 Å². The van der Waals surface area contributed by atoms with Gasteiger partial charge in [-0.2, -0.15) is 0 Å². The molecule has 0 aromatic heterocycles. The molecule has 28 heavy (non-hydrogen) atoms. The van der Waals surface area contributed by atoms with Crippen LogP contribution in [0.2, 0.25) is 5.02 Å². The summed E-state index contributed by atoms with van der Waals surface area (Å²) in [7, 11) is 0. The molecule has 2 aromatic carbocycles. The van der Waals surface area contributed by atoms with E-state index in [0.717, 1.165) is 5.56 Å². The van der Waals surface area contributed by atoms with Crippen molar-refractivity contribution in [1.29, 1.82) is 0 Å². The summed E-state index contributed by atoms with van der Waals surface area (Å²) in [4.78, 5) is 25.9. The predicted molar refractivity (Wildman–Crippen MR) is 109 cm³/mol. The maximum Gasteiger partial charge on any atom is 0.179 e. The number of aliphatic hydroxyl groups is 1. The Morgan fingerprint density at radius 2 is 1.57 bits per heavy atom. The summed E-state index contributed by atoms with van der Waals surface area (Å²) in [5.74, 6) is -1.45. The molecule has 2 aromatic rings. The number of ketones is 2. The number of allylic oxidation sites excluding steroid dienone is 2. The maximum atomic E-state index is 13.8. The van der Waals surface area contributed by atoms with Crippen LogP contribution in [0, 0.1) is 23.6 Å². The third-order valence-corrected chi connectivity index (χ3v) is 5.68. The van der Waals surface area contributed by atoms with Crippen molar-refractivity contribution in [2.45, 2.75) is 34.6 Å². The second-order valence-corrected chi connectivity index (χ2v) is 8.76. The lowest BCUT2D eigenvalue weighted by molar-refractivity contribution is -0.143. The van der Waals surface area contributed by atoms with Crippen LogP contribution in [0.1, 0.15) is 38.8 Å². The minimum atomic E-state index is -1.25. The number of benzene rings is 2. The van der Waals surface area contributed by atoms with E-state index in [0.29, 0.717) is 16.7 Å². The SMILES string of the molecule is Cc1ccc(-c2cc(F)cc(Cl)c2)cc1C1=C(O)C(C)(C)C(=O)C(C)(C)C1=O. The van der Waals surface area contributed by atoms with Crippen LogP contribution in [0.25, 0.3) is 16.7 Å². The molecule has 1 aliphatic carbocycles. The van der Waals surface area contributed by atoms with E-state index in [2.05, 4.69) is 0 Å². The van der Waals surface area contributed by atoms with Crippen molar-refractivity contribution < 1.29 is 19.1 Å². The number of rotatable bonds is 2. The van der Waals surface area contributed by atoms with Crippen LogP contribution in [-0.2, 0) is 9.59 Å². The van der Waals surface area contributed by atoms with Crippen LogP contribution in [0.5, 0.6) is 0 Å². The first kappa shape index (κ1) is 20.3. The van der Waals surface area contributed by atoms with E-state index in [4.69, 9.17) is 11.6 Å². The lowest BCUT2D eigenvalue weighted by Gasteiger charge is -2.38. The van der Waals surface area contributed by atoms with Gasteiger partial charge in [0, 0.05) is 5.02 Å². The Labute approximate surface area is 168 Å². The second kappa shape index (κ2) is 6.56. The van der Waals surface area contributed by atoms with Gasteiger partial charge in [-0.1, -0.05) is 23.7 Å². The van der Waals surface area contributed by atoms with Crippen molar-refractivity contribution in [3.05, 3.63) is 64.1 Å². The minimum absolute atomic E-state index is 0.136. The van der Waals surface area contributed by atoms with Gasteiger partial charge in [-0.05, 0) is 81.1 Å². The molecule has 0 saturated heterocycles. The first-order valence-corrected chi connectivity index (χ1v) is 9.36. The third-order valence-electron chi connectivity index (χ3n) is 5.46. The van der Waals surface area contributed by atoms with E-state index >= 15 is 0 Å². The van der Waals surface area contributed by atoms with Crippen LogP contribution in [0.3, 0.4) is 0 Å². The molecule has 0 bridgehead atoms. The highest BCUT2D eigenvalue weighted by Gasteiger charge is 2.53. The number of hydrogen-bond donors (Lipinski definition) is 1. The Morgan fingerprint density at radius 1 is 0.929 bits per heavy atom. The monoisotopic (exact) mass is 400 g/mol. The number of aliphatic hydroxyl groups excluding tert-OH is 1. The highest BCUT2D eigenvalue weighted by Crippen LogP contribution is 2.47. The smallest absolute Gasteiger partial charge is 0.179 e. The lowest BCUT2D eigenvalue weighted by Crippen LogP contribution is -2.48. The lowest BCUT2D eigenvalue weighted by atomic mass is 9.62. The fourth-order valence-corrected chi connectivity index (χ4v) is 3.99. The van der Waals surface area contributed by atoms with Crippen molar-refractivity contribution in [2.24, 2.45) is 10.8 Å². The quantitative estimate of drug-likeness (QED) is 0.636. The van der Waals surface area contributed by atoms with Gasteiger partial charge in [0.15, 0.2) is 11.6 Å². The second-order valence-electron chi connectivity index (χ2n) is 8.32. The van der Waals surface area contributed by atoms with Crippen LogP contribution in [0.4, 0.5) is 4.39 Å². The third kappa shape index (κ3) is 3.06. The molecule has 3 rings (SSSR count). The number of halogens is 2. The van der Waals surface area contributed by atoms with Gasteiger partial charge in [-0.3, -0.25) is 9.59 Å². The molecule has 0 spiro atoms. The van der Waals surface area contributed by atoms with Crippen molar-refractivity contribution in [2.75, 3.05) is 0 Å². The summed E-state index contributed by atoms with van der Waals surface area (Å²) in [5.41, 5.74) is 0.201. The molecule has 146 valence electrons. The number of carbonyl (C=O) groups excluding carboxylic acids is 2. The van der Waals surface area contributed by atoms with E-state index in [-0.39, 0.29) is 22.1 Å². The summed E-state index contributed by atoms with van der Waals surface area (Å²) >= 11 is 5.98. The van der Waals surface area contributed by atoms with Gasteiger partial charge in [0.25, 0.3) is 0 Å². The Morgan fingerprint density at radius 3 is 2.18 bits per heavy atom. The number of carbonyl (C=O) groups is 2. The standard InChI is InChI=1S/C23H22ClFO3/c1-12-6-7-13(14-8-15(24)11-16(25)9-14)10-17(12)18-19(26)22(2,3)21(28)23(4,5)20(18)27/h6-11,26H,1-5H3. The van der Waals surface area contributed by atoms with E-state index in [9.17, 15) is 19.1 Å². The fraction of sp³-hybridized carbons (Fsp3) is 0.304. The van der Waals surface area contributed by atoms with Crippen molar-refractivity contribution in [1.82, 2.24) is 0 Å². The molecule has 3 nitrogen and oxygen atoms in total. The normalized spacial score (nSPS) is 18.5. The van der Waals surface area contributed by atoms with Gasteiger partial charge in [0.05, 0.1) is 16.4 Å². The number of hydrogen-bond acceptors (Lipinski definition) is 3. The molecule has 1 N–H and O–H groups in total. The molecule has 0 radical (unpaired) electrons. The highest BCUT2D eigenvalue weighted by atomic mass is 35.5. The van der Waals surface area contributed by atoms with Crippen LogP contribution < -0.4 is 0 Å². The van der Waals surface area contributed by atoms with Gasteiger partial charge < -0.3 is 5.11 Å². The summed E-state index contributed by atoms with van der Waals surface area (Å²) in [6, 6.07) is 9.54. The zero-order chi connectivity index (χ0) is 21.0. The van der Waals surface area contributed by atoms with Gasteiger partial charge in [0.2, 0.25) is 0 Å². The van der Waals surface area contributed by atoms with Crippen molar-refractivity contribution in [3.63, 3.8) is 0 Å². The largest absolute Gasteiger partial charge is 0.510 e. The summed E-state index contributed by atoms with van der Waals surface area (Å²) in [6.45, 7) is 8.21. The molecular weight excluding hydrogens is 379 g/mol. The Hall–Kier alpha value is -2.46. The van der Waals surface area contributed by atoms with Gasteiger partial charge >= 0.3 is 0 Å². The van der Waals surface area contributed by atoms with Gasteiger partial charge in [0.1, 0.15) is 11.6 Å². The van der Waals surface area contributed by atoms with Crippen LogP contribution >= 0.6 is 11.6 Å². The van der Waals surface area contributed by atoms with E-state index < -0.39 is 22.4 Å². The van der Waals surface area contributed by atoms with Gasteiger partial charge in [-0.15, -0.1) is 0 Å². The predicted octanol–water partition coefficient (Wildman–Crippen LogP) is 5.93. The molecule has 0 amide bonds. The molecule has 0 unspecified atom stereocenters. The first-order chi connectivity index (χ1) is 12.9. The summed E-state index contributed by atoms with van der Waals surface area (Å²) in [6.07, 6.45) is 0. The Bertz CT molecular complexity index is 1030. The zero-order valence-electron chi connectivity index (χ0n) is 16.5. The van der Waals surface area contributed by atoms with E-state index in [1.165, 1.54) is 12.1 Å². The van der Waals surface area contributed by atoms with Crippen molar-refractivity contribution in [3.8, 4) is 11.1 Å². The molecule has 0 atom stereocenters. The average Bonchev–Trinajstić information content (AvgIpc) is 2.60. The molecule has 1 aliphatic rings. The summed E-state index contributed by atoms with van der Waals surface area (Å²) < 4.78 is 13.8. The van der Waals surface area contributed by atoms with Gasteiger partial charge in [-0.25, -0.2) is 4.39 Å². The number of aryl methyl sites for hydroxylation is 1. The average molecular weight is 401 g/mol. The van der Waals surface area contributed by atoms with Crippen LogP contribution in [-0.4, -0.2) is 16.7 Å². The molecular formula is C23H22ClFO3. The summed E-state index contributed by atoms with van der Waals surface area (Å²) in [5, 5.41) is 11.1.